The van der Waals surface area contributed by atoms with E-state index in [9.17, 15) is 0 Å². The minimum Gasteiger partial charge on any atom is -0.238 e. The molecule has 0 fully saturated rings. The van der Waals surface area contributed by atoms with Crippen molar-refractivity contribution in [2.45, 2.75) is 78.1 Å². The molecule has 2 heteroatoms. The smallest absolute Gasteiger partial charge is 0.128 e. The Morgan fingerprint density at radius 3 is 1.79 bits per heavy atom. The maximum Gasteiger partial charge on any atom is 0.128 e. The number of rotatable bonds is 10. The molecule has 0 N–H and O–H groups in total. The Bertz CT molecular complexity index is 319. The van der Waals surface area contributed by atoms with Gasteiger partial charge in [0.15, 0.2) is 0 Å². The van der Waals surface area contributed by atoms with Gasteiger partial charge in [-0.05, 0) is 38.2 Å². The number of aromatic nitrogens is 2. The van der Waals surface area contributed by atoms with E-state index in [-0.39, 0.29) is 0 Å². The van der Waals surface area contributed by atoms with Crippen LogP contribution in [0.25, 0.3) is 0 Å². The lowest BCUT2D eigenvalue weighted by molar-refractivity contribution is 0.679. The van der Waals surface area contributed by atoms with Crippen molar-refractivity contribution in [2.75, 3.05) is 0 Å². The molecule has 0 unspecified atom stereocenters. The van der Waals surface area contributed by atoms with E-state index in [1.807, 2.05) is 0 Å². The molecule has 1 aromatic rings. The zero-order chi connectivity index (χ0) is 13.9. The minimum absolute atomic E-state index is 0.882. The van der Waals surface area contributed by atoms with E-state index in [1.54, 1.807) is 0 Å². The summed E-state index contributed by atoms with van der Waals surface area (Å²) in [5, 5.41) is 0. The van der Waals surface area contributed by atoms with E-state index in [0.29, 0.717) is 0 Å². The van der Waals surface area contributed by atoms with Crippen LogP contribution in [0.4, 0.5) is 0 Å². The molecule has 1 rings (SSSR count). The third-order valence-corrected chi connectivity index (χ3v) is 3.35. The molecule has 0 saturated heterocycles. The third-order valence-electron chi connectivity index (χ3n) is 3.35. The van der Waals surface area contributed by atoms with Gasteiger partial charge in [-0.3, -0.25) is 0 Å². The normalized spacial score (nSPS) is 10.9. The lowest BCUT2D eigenvalue weighted by atomic mass is 10.1. The summed E-state index contributed by atoms with van der Waals surface area (Å²) >= 11 is 0. The summed E-state index contributed by atoms with van der Waals surface area (Å²) in [6, 6.07) is 2.22. The van der Waals surface area contributed by atoms with Crippen molar-refractivity contribution in [2.24, 2.45) is 0 Å². The highest BCUT2D eigenvalue weighted by Crippen LogP contribution is 2.11. The molecule has 19 heavy (non-hydrogen) atoms. The Labute approximate surface area is 119 Å². The molecule has 1 heterocycles. The average Bonchev–Trinajstić information content (AvgIpc) is 2.40. The molecule has 2 nitrogen and oxygen atoms in total. The van der Waals surface area contributed by atoms with Gasteiger partial charge in [0.1, 0.15) is 5.82 Å². The molecule has 0 saturated carbocycles. The van der Waals surface area contributed by atoms with Crippen molar-refractivity contribution in [1.82, 2.24) is 9.97 Å². The first kappa shape index (κ1) is 16.1. The molecule has 0 bridgehead atoms. The van der Waals surface area contributed by atoms with E-state index in [0.717, 1.165) is 31.5 Å². The topological polar surface area (TPSA) is 25.8 Å². The van der Waals surface area contributed by atoms with E-state index >= 15 is 0 Å². The van der Waals surface area contributed by atoms with Crippen LogP contribution in [0.5, 0.6) is 0 Å². The molecule has 1 radical (unpaired) electrons. The molecular formula is C17H29N2. The molecular weight excluding hydrogens is 232 g/mol. The molecule has 1 aromatic heterocycles. The predicted molar refractivity (Wildman–Crippen MR) is 82.2 cm³/mol. The van der Waals surface area contributed by atoms with E-state index < -0.39 is 0 Å². The highest BCUT2D eigenvalue weighted by atomic mass is 14.9. The molecule has 0 atom stereocenters. The monoisotopic (exact) mass is 261 g/mol. The summed E-state index contributed by atoms with van der Waals surface area (Å²) in [5.74, 6) is 0.996. The second-order valence-electron chi connectivity index (χ2n) is 5.28. The largest absolute Gasteiger partial charge is 0.238 e. The Morgan fingerprint density at radius 2 is 1.37 bits per heavy atom. The Morgan fingerprint density at radius 1 is 0.842 bits per heavy atom. The quantitative estimate of drug-likeness (QED) is 0.570. The number of unbranched alkanes of at least 4 members (excludes halogenated alkanes) is 4. The van der Waals surface area contributed by atoms with Gasteiger partial charge in [0.25, 0.3) is 0 Å². The minimum atomic E-state index is 0.882. The van der Waals surface area contributed by atoms with Gasteiger partial charge in [0, 0.05) is 17.8 Å². The molecule has 0 amide bonds. The fraction of sp³-hybridized carbons (Fsp3) is 0.706. The van der Waals surface area contributed by atoms with Gasteiger partial charge in [0.05, 0.1) is 0 Å². The molecule has 0 aromatic carbocycles. The fourth-order valence-electron chi connectivity index (χ4n) is 2.25. The van der Waals surface area contributed by atoms with Gasteiger partial charge in [-0.25, -0.2) is 9.97 Å². The van der Waals surface area contributed by atoms with Crippen LogP contribution in [0.1, 0.15) is 76.0 Å². The zero-order valence-corrected chi connectivity index (χ0v) is 12.7. The van der Waals surface area contributed by atoms with Gasteiger partial charge in [-0.2, -0.15) is 0 Å². The highest BCUT2D eigenvalue weighted by Gasteiger charge is 2.04. The number of hydrogen-bond donors (Lipinski definition) is 0. The van der Waals surface area contributed by atoms with Crippen LogP contribution in [0, 0.1) is 6.92 Å². The molecule has 0 aliphatic heterocycles. The van der Waals surface area contributed by atoms with Gasteiger partial charge in [-0.1, -0.05) is 46.5 Å². The molecule has 0 spiro atoms. The number of hydrogen-bond acceptors (Lipinski definition) is 2. The van der Waals surface area contributed by atoms with Crippen LogP contribution in [0.3, 0.4) is 0 Å². The lowest BCUT2D eigenvalue weighted by Gasteiger charge is -2.07. The van der Waals surface area contributed by atoms with Crippen molar-refractivity contribution in [3.05, 3.63) is 30.2 Å². The lowest BCUT2D eigenvalue weighted by Crippen LogP contribution is -2.04. The summed E-state index contributed by atoms with van der Waals surface area (Å²) < 4.78 is 0. The first-order valence-electron chi connectivity index (χ1n) is 7.95. The standard InChI is InChI=1S/C17H29N2/c1-4-7-9-12-15-14-16(13-10-8-5-2)19-17(18-15)11-6-3/h14H,3-13H2,1-2H3. The number of aryl methyl sites for hydroxylation is 3. The van der Waals surface area contributed by atoms with Crippen molar-refractivity contribution in [1.29, 1.82) is 0 Å². The molecule has 0 aliphatic rings. The number of nitrogens with zero attached hydrogens (tertiary/aromatic N) is 2. The predicted octanol–water partition coefficient (Wildman–Crippen LogP) is 4.71. The van der Waals surface area contributed by atoms with E-state index in [2.05, 4.69) is 36.8 Å². The average molecular weight is 261 g/mol. The van der Waals surface area contributed by atoms with Gasteiger partial charge in [0.2, 0.25) is 0 Å². The van der Waals surface area contributed by atoms with Crippen molar-refractivity contribution in [3.8, 4) is 0 Å². The Kier molecular flexibility index (Phi) is 8.44. The fourth-order valence-corrected chi connectivity index (χ4v) is 2.25. The molecule has 107 valence electrons. The maximum atomic E-state index is 4.67. The summed E-state index contributed by atoms with van der Waals surface area (Å²) in [6.45, 7) is 8.39. The first-order chi connectivity index (χ1) is 9.30. The van der Waals surface area contributed by atoms with Crippen LogP contribution < -0.4 is 0 Å². The summed E-state index contributed by atoms with van der Waals surface area (Å²) in [7, 11) is 0. The third kappa shape index (κ3) is 6.70. The van der Waals surface area contributed by atoms with Crippen LogP contribution in [0.2, 0.25) is 0 Å². The Hall–Kier alpha value is -0.920. The van der Waals surface area contributed by atoms with Gasteiger partial charge < -0.3 is 0 Å². The van der Waals surface area contributed by atoms with Crippen molar-refractivity contribution < 1.29 is 0 Å². The van der Waals surface area contributed by atoms with Gasteiger partial charge >= 0.3 is 0 Å². The van der Waals surface area contributed by atoms with Crippen molar-refractivity contribution in [3.63, 3.8) is 0 Å². The summed E-state index contributed by atoms with van der Waals surface area (Å²) in [5.41, 5.74) is 2.47. The summed E-state index contributed by atoms with van der Waals surface area (Å²) in [6.07, 6.45) is 11.6. The highest BCUT2D eigenvalue weighted by molar-refractivity contribution is 5.12. The van der Waals surface area contributed by atoms with Gasteiger partial charge in [-0.15, -0.1) is 0 Å². The van der Waals surface area contributed by atoms with Crippen LogP contribution in [-0.4, -0.2) is 9.97 Å². The Balaban J connectivity index is 2.66. The van der Waals surface area contributed by atoms with E-state index in [4.69, 9.17) is 0 Å². The zero-order valence-electron chi connectivity index (χ0n) is 12.7. The van der Waals surface area contributed by atoms with Crippen LogP contribution in [0.15, 0.2) is 6.07 Å². The van der Waals surface area contributed by atoms with Crippen LogP contribution in [-0.2, 0) is 19.3 Å². The second-order valence-corrected chi connectivity index (χ2v) is 5.28. The van der Waals surface area contributed by atoms with E-state index in [1.165, 1.54) is 49.9 Å². The second kappa shape index (κ2) is 9.94. The van der Waals surface area contributed by atoms with Crippen molar-refractivity contribution >= 4 is 0 Å². The first-order valence-corrected chi connectivity index (χ1v) is 7.95. The molecule has 0 aliphatic carbocycles. The maximum absolute atomic E-state index is 4.67. The SMILES string of the molecule is [CH2]CCc1nc(CCCCC)cc(CCCCC)n1. The van der Waals surface area contributed by atoms with Crippen LogP contribution >= 0.6 is 0 Å². The summed E-state index contributed by atoms with van der Waals surface area (Å²) in [4.78, 5) is 9.34.